The van der Waals surface area contributed by atoms with E-state index in [2.05, 4.69) is 10.2 Å². The van der Waals surface area contributed by atoms with E-state index in [4.69, 9.17) is 13.6 Å². The smallest absolute Gasteiger partial charge is 0.384 e. The van der Waals surface area contributed by atoms with Crippen molar-refractivity contribution in [3.8, 4) is 5.88 Å². The Labute approximate surface area is 119 Å². The Morgan fingerprint density at radius 2 is 1.65 bits per heavy atom. The highest BCUT2D eigenvalue weighted by atomic mass is 31.2. The van der Waals surface area contributed by atoms with E-state index in [1.807, 2.05) is 18.7 Å². The van der Waals surface area contributed by atoms with Gasteiger partial charge in [-0.15, -0.1) is 10.2 Å². The molecule has 0 aliphatic carbocycles. The van der Waals surface area contributed by atoms with Crippen LogP contribution in [0, 0.1) is 0 Å². The van der Waals surface area contributed by atoms with E-state index in [0.29, 0.717) is 0 Å². The van der Waals surface area contributed by atoms with Gasteiger partial charge in [-0.2, -0.15) is 0 Å². The standard InChI is InChI=1S/C12H22N3O4P/c1-5-15(6-2)11-9-10-12(14-13-11)19-20(16,17-7-3)18-8-4/h9-10H,5-8H2,1-4H3. The zero-order valence-corrected chi connectivity index (χ0v) is 13.3. The van der Waals surface area contributed by atoms with Crippen LogP contribution in [0.3, 0.4) is 0 Å². The highest BCUT2D eigenvalue weighted by molar-refractivity contribution is 7.48. The summed E-state index contributed by atoms with van der Waals surface area (Å²) in [6.45, 7) is 9.62. The molecule has 0 radical (unpaired) electrons. The number of anilines is 1. The number of nitrogens with zero attached hydrogens (tertiary/aromatic N) is 3. The van der Waals surface area contributed by atoms with Gasteiger partial charge in [0, 0.05) is 19.2 Å². The monoisotopic (exact) mass is 303 g/mol. The van der Waals surface area contributed by atoms with E-state index in [0.717, 1.165) is 18.9 Å². The Hall–Kier alpha value is -1.17. The molecule has 20 heavy (non-hydrogen) atoms. The van der Waals surface area contributed by atoms with Crippen LogP contribution in [0.15, 0.2) is 12.1 Å². The average molecular weight is 303 g/mol. The van der Waals surface area contributed by atoms with Crippen molar-refractivity contribution in [2.24, 2.45) is 0 Å². The normalized spacial score (nSPS) is 11.4. The van der Waals surface area contributed by atoms with Gasteiger partial charge in [0.25, 0.3) is 0 Å². The third-order valence-corrected chi connectivity index (χ3v) is 4.05. The molecule has 0 amide bonds. The van der Waals surface area contributed by atoms with Crippen LogP contribution in [0.1, 0.15) is 27.7 Å². The van der Waals surface area contributed by atoms with Gasteiger partial charge >= 0.3 is 7.82 Å². The molecule has 1 aromatic heterocycles. The molecule has 1 aromatic rings. The molecule has 0 saturated heterocycles. The molecule has 114 valence electrons. The summed E-state index contributed by atoms with van der Waals surface area (Å²) >= 11 is 0. The Morgan fingerprint density at radius 3 is 2.05 bits per heavy atom. The van der Waals surface area contributed by atoms with E-state index < -0.39 is 7.82 Å². The Balaban J connectivity index is 2.80. The SMILES string of the molecule is CCOP(=O)(OCC)Oc1ccc(N(CC)CC)nn1. The second-order valence-electron chi connectivity index (χ2n) is 3.78. The molecule has 8 heteroatoms. The van der Waals surface area contributed by atoms with E-state index >= 15 is 0 Å². The molecular formula is C12H22N3O4P. The first-order valence-electron chi connectivity index (χ1n) is 6.75. The Bertz CT molecular complexity index is 427. The zero-order valence-electron chi connectivity index (χ0n) is 12.4. The van der Waals surface area contributed by atoms with E-state index in [1.54, 1.807) is 26.0 Å². The average Bonchev–Trinajstić information content (AvgIpc) is 2.42. The van der Waals surface area contributed by atoms with Crippen molar-refractivity contribution in [1.82, 2.24) is 10.2 Å². The van der Waals surface area contributed by atoms with Gasteiger partial charge in [-0.3, -0.25) is 9.05 Å². The van der Waals surface area contributed by atoms with E-state index in [-0.39, 0.29) is 19.1 Å². The van der Waals surface area contributed by atoms with Gasteiger partial charge in [-0.25, -0.2) is 4.57 Å². The maximum absolute atomic E-state index is 12.2. The first-order valence-corrected chi connectivity index (χ1v) is 8.21. The fraction of sp³-hybridized carbons (Fsp3) is 0.667. The Kier molecular flexibility index (Phi) is 6.91. The summed E-state index contributed by atoms with van der Waals surface area (Å²) in [5.74, 6) is 0.858. The zero-order chi connectivity index (χ0) is 15.0. The first-order chi connectivity index (χ1) is 9.58. The van der Waals surface area contributed by atoms with Gasteiger partial charge in [-0.1, -0.05) is 0 Å². The second kappa shape index (κ2) is 8.19. The summed E-state index contributed by atoms with van der Waals surface area (Å²) in [7, 11) is -3.61. The lowest BCUT2D eigenvalue weighted by Gasteiger charge is -2.19. The maximum atomic E-state index is 12.2. The van der Waals surface area contributed by atoms with Crippen LogP contribution in [0.5, 0.6) is 5.88 Å². The molecule has 0 spiro atoms. The molecule has 0 saturated carbocycles. The van der Waals surface area contributed by atoms with Gasteiger partial charge in [0.15, 0.2) is 5.82 Å². The van der Waals surface area contributed by atoms with Crippen molar-refractivity contribution in [2.45, 2.75) is 27.7 Å². The quantitative estimate of drug-likeness (QED) is 0.649. The van der Waals surface area contributed by atoms with Crippen LogP contribution >= 0.6 is 7.82 Å². The fourth-order valence-corrected chi connectivity index (χ4v) is 2.74. The molecule has 0 aliphatic rings. The van der Waals surface area contributed by atoms with Gasteiger partial charge in [0.05, 0.1) is 13.2 Å². The molecule has 0 aliphatic heterocycles. The van der Waals surface area contributed by atoms with Gasteiger partial charge in [0.1, 0.15) is 0 Å². The van der Waals surface area contributed by atoms with Crippen molar-refractivity contribution >= 4 is 13.6 Å². The summed E-state index contributed by atoms with van der Waals surface area (Å²) < 4.78 is 27.4. The predicted octanol–water partition coefficient (Wildman–Crippen LogP) is 2.88. The third kappa shape index (κ3) is 4.74. The van der Waals surface area contributed by atoms with Gasteiger partial charge in [0.2, 0.25) is 5.88 Å². The van der Waals surface area contributed by atoms with Crippen LogP contribution in [0.4, 0.5) is 5.82 Å². The summed E-state index contributed by atoms with van der Waals surface area (Å²) in [6.07, 6.45) is 0. The van der Waals surface area contributed by atoms with Crippen LogP contribution < -0.4 is 9.42 Å². The topological polar surface area (TPSA) is 73.8 Å². The molecule has 0 fully saturated rings. The largest absolute Gasteiger partial charge is 0.531 e. The number of rotatable bonds is 9. The highest BCUT2D eigenvalue weighted by Gasteiger charge is 2.28. The molecule has 1 rings (SSSR count). The minimum absolute atomic E-state index is 0.117. The fourth-order valence-electron chi connectivity index (χ4n) is 1.60. The summed E-state index contributed by atoms with van der Waals surface area (Å²) in [4.78, 5) is 2.04. The summed E-state index contributed by atoms with van der Waals surface area (Å²) in [5.41, 5.74) is 0. The van der Waals surface area contributed by atoms with Crippen molar-refractivity contribution in [3.63, 3.8) is 0 Å². The highest BCUT2D eigenvalue weighted by Crippen LogP contribution is 2.48. The number of aromatic nitrogens is 2. The third-order valence-electron chi connectivity index (χ3n) is 2.49. The molecule has 0 aromatic carbocycles. The van der Waals surface area contributed by atoms with Crippen molar-refractivity contribution < 1.29 is 18.1 Å². The lowest BCUT2D eigenvalue weighted by Crippen LogP contribution is -2.23. The number of hydrogen-bond acceptors (Lipinski definition) is 7. The van der Waals surface area contributed by atoms with Crippen LogP contribution in [0.2, 0.25) is 0 Å². The van der Waals surface area contributed by atoms with Gasteiger partial charge in [-0.05, 0) is 33.8 Å². The number of phosphoric acid groups is 1. The predicted molar refractivity (Wildman–Crippen MR) is 77.1 cm³/mol. The van der Waals surface area contributed by atoms with Crippen molar-refractivity contribution in [2.75, 3.05) is 31.2 Å². The Morgan fingerprint density at radius 1 is 1.05 bits per heavy atom. The van der Waals surface area contributed by atoms with Crippen molar-refractivity contribution in [1.29, 1.82) is 0 Å². The first kappa shape index (κ1) is 16.9. The minimum atomic E-state index is -3.61. The molecular weight excluding hydrogens is 281 g/mol. The van der Waals surface area contributed by atoms with E-state index in [9.17, 15) is 4.57 Å². The van der Waals surface area contributed by atoms with Crippen LogP contribution in [0.25, 0.3) is 0 Å². The molecule has 0 unspecified atom stereocenters. The lowest BCUT2D eigenvalue weighted by molar-refractivity contribution is 0.165. The van der Waals surface area contributed by atoms with E-state index in [1.165, 1.54) is 0 Å². The van der Waals surface area contributed by atoms with Gasteiger partial charge < -0.3 is 9.42 Å². The molecule has 0 bridgehead atoms. The molecule has 7 nitrogen and oxygen atoms in total. The molecule has 1 heterocycles. The number of hydrogen-bond donors (Lipinski definition) is 0. The summed E-state index contributed by atoms with van der Waals surface area (Å²) in [6, 6.07) is 3.36. The molecule has 0 atom stereocenters. The number of phosphoric ester groups is 1. The minimum Gasteiger partial charge on any atom is -0.384 e. The summed E-state index contributed by atoms with van der Waals surface area (Å²) in [5, 5.41) is 7.94. The van der Waals surface area contributed by atoms with Crippen LogP contribution in [-0.2, 0) is 13.6 Å². The lowest BCUT2D eigenvalue weighted by atomic mass is 10.4. The van der Waals surface area contributed by atoms with Crippen molar-refractivity contribution in [3.05, 3.63) is 12.1 Å². The maximum Gasteiger partial charge on any atom is 0.531 e. The molecule has 0 N–H and O–H groups in total. The second-order valence-corrected chi connectivity index (χ2v) is 5.37. The van der Waals surface area contributed by atoms with Crippen LogP contribution in [-0.4, -0.2) is 36.5 Å².